The predicted octanol–water partition coefficient (Wildman–Crippen LogP) is 7.64. The number of hydrogen-bond donors (Lipinski definition) is 3. The van der Waals surface area contributed by atoms with Gasteiger partial charge in [0.1, 0.15) is 35.8 Å². The van der Waals surface area contributed by atoms with Crippen molar-refractivity contribution in [1.82, 2.24) is 40.6 Å². The Bertz CT molecular complexity index is 2730. The number of halogens is 1. The maximum absolute atomic E-state index is 14.3. The summed E-state index contributed by atoms with van der Waals surface area (Å²) in [4.78, 5) is 74.1. The summed E-state index contributed by atoms with van der Waals surface area (Å²) in [7, 11) is 0. The molecule has 0 unspecified atom stereocenters. The van der Waals surface area contributed by atoms with Gasteiger partial charge in [-0.1, -0.05) is 84.3 Å². The van der Waals surface area contributed by atoms with Crippen LogP contribution in [0.15, 0.2) is 66.3 Å². The maximum atomic E-state index is 14.3. The van der Waals surface area contributed by atoms with E-state index in [0.29, 0.717) is 40.9 Å². The molecule has 3 saturated heterocycles. The van der Waals surface area contributed by atoms with Crippen LogP contribution in [0.4, 0.5) is 5.82 Å². The number of ether oxygens (including phenoxy) is 1. The number of hydrogen-bond acceptors (Lipinski definition) is 12. The second kappa shape index (κ2) is 20.3. The van der Waals surface area contributed by atoms with Crippen molar-refractivity contribution in [3.05, 3.63) is 93.7 Å². The molecule has 9 rings (SSSR count). The van der Waals surface area contributed by atoms with Crippen LogP contribution in [0.1, 0.15) is 114 Å². The van der Waals surface area contributed by atoms with E-state index in [1.807, 2.05) is 64.4 Å². The van der Waals surface area contributed by atoms with E-state index in [1.54, 1.807) is 40.6 Å². The highest BCUT2D eigenvalue weighted by molar-refractivity contribution is 7.13. The minimum atomic E-state index is -0.771. The summed E-state index contributed by atoms with van der Waals surface area (Å²) in [5, 5.41) is 19.1. The Morgan fingerprint density at radius 3 is 2.23 bits per heavy atom. The summed E-state index contributed by atoms with van der Waals surface area (Å²) in [5.74, 6) is 0.738. The number of piperazine rings is 1. The van der Waals surface area contributed by atoms with E-state index in [9.17, 15) is 24.4 Å². The molecule has 0 bridgehead atoms. The Labute approximate surface area is 439 Å². The number of carbonyl (C=O) groups excluding carboxylic acids is 4. The Morgan fingerprint density at radius 1 is 0.932 bits per heavy atom. The monoisotopic (exact) mass is 1030 g/mol. The minimum Gasteiger partial charge on any atom is -0.489 e. The van der Waals surface area contributed by atoms with E-state index in [2.05, 4.69) is 81.5 Å². The van der Waals surface area contributed by atoms with Crippen LogP contribution in [0, 0.1) is 39.9 Å². The van der Waals surface area contributed by atoms with Gasteiger partial charge in [-0.15, -0.1) is 11.3 Å². The number of likely N-dealkylation sites (tertiary alicyclic amines) is 1. The number of nitrogens with one attached hydrogen (secondary N) is 3. The first kappa shape index (κ1) is 52.3. The van der Waals surface area contributed by atoms with Crippen LogP contribution in [-0.2, 0) is 14.4 Å². The minimum absolute atomic E-state index is 0.152. The number of nitrogens with zero attached hydrogens (tertiary/aromatic N) is 7. The Kier molecular flexibility index (Phi) is 14.5. The van der Waals surface area contributed by atoms with E-state index < -0.39 is 17.5 Å². The van der Waals surface area contributed by atoms with Crippen molar-refractivity contribution in [3.63, 3.8) is 0 Å². The Balaban J connectivity index is 0.694. The number of anilines is 1. The van der Waals surface area contributed by atoms with Gasteiger partial charge in [-0.2, -0.15) is 5.26 Å². The van der Waals surface area contributed by atoms with Gasteiger partial charge < -0.3 is 30.5 Å². The summed E-state index contributed by atoms with van der Waals surface area (Å²) in [5.41, 5.74) is 4.80. The molecule has 3 N–H and O–H groups in total. The van der Waals surface area contributed by atoms with Gasteiger partial charge in [0.15, 0.2) is 0 Å². The van der Waals surface area contributed by atoms with Crippen molar-refractivity contribution >= 4 is 52.4 Å². The van der Waals surface area contributed by atoms with E-state index >= 15 is 0 Å². The van der Waals surface area contributed by atoms with Gasteiger partial charge in [0.2, 0.25) is 17.7 Å². The molecule has 2 aromatic heterocycles. The van der Waals surface area contributed by atoms with Crippen molar-refractivity contribution in [1.29, 1.82) is 5.26 Å². The molecule has 2 aliphatic carbocycles. The molecule has 1 spiro atoms. The molecule has 73 heavy (non-hydrogen) atoms. The second-order valence-electron chi connectivity index (χ2n) is 23.6. The molecule has 2 saturated carbocycles. The van der Waals surface area contributed by atoms with Crippen molar-refractivity contribution in [2.45, 2.75) is 124 Å². The Morgan fingerprint density at radius 2 is 1.63 bits per heavy atom. The number of rotatable bonds is 14. The number of aryl methyl sites for hydroxylation is 1. The van der Waals surface area contributed by atoms with Gasteiger partial charge in [0.25, 0.3) is 5.91 Å². The lowest BCUT2D eigenvalue weighted by Crippen LogP contribution is -2.74. The lowest BCUT2D eigenvalue weighted by atomic mass is 9.49. The molecule has 17 heteroatoms. The van der Waals surface area contributed by atoms with E-state index in [1.165, 1.54) is 0 Å². The SMILES string of the molecule is Cc1ncsc1-c1ccc([C@H](C)NC(=O)[C@@H]2CCCN2C(=O)[C@@H](NC(=O)CN2CCN(C3CC4(C3)CN(c3ccc(C(=O)NC5C(C)(C)C(Oc6ccc(C#N)c(Cl)c6)C5(C)C)cn3)C4)CC2)C(C)(C)C)cc1. The van der Waals surface area contributed by atoms with Gasteiger partial charge in [0, 0.05) is 86.4 Å². The molecule has 3 aliphatic heterocycles. The van der Waals surface area contributed by atoms with Crippen molar-refractivity contribution in [2.24, 2.45) is 21.7 Å². The molecule has 388 valence electrons. The fraction of sp³-hybridized carbons (Fsp3) is 0.554. The van der Waals surface area contributed by atoms with Gasteiger partial charge in [-0.05, 0) is 80.3 Å². The fourth-order valence-electron chi connectivity index (χ4n) is 12.6. The molecular formula is C56H71ClN10O5S. The highest BCUT2D eigenvalue weighted by Gasteiger charge is 2.64. The lowest BCUT2D eigenvalue weighted by Gasteiger charge is -2.63. The number of amides is 4. The topological polar surface area (TPSA) is 176 Å². The zero-order valence-electron chi connectivity index (χ0n) is 43.8. The molecule has 4 amide bonds. The molecule has 5 fully saturated rings. The predicted molar refractivity (Wildman–Crippen MR) is 284 cm³/mol. The number of thiazole rings is 1. The molecule has 2 aromatic carbocycles. The Hall–Kier alpha value is -5.60. The van der Waals surface area contributed by atoms with E-state index in [0.717, 1.165) is 86.0 Å². The zero-order valence-corrected chi connectivity index (χ0v) is 45.3. The molecule has 5 aliphatic rings. The summed E-state index contributed by atoms with van der Waals surface area (Å²) >= 11 is 7.88. The molecule has 0 radical (unpaired) electrons. The molecule has 4 aromatic rings. The summed E-state index contributed by atoms with van der Waals surface area (Å²) in [6.07, 6.45) is 5.04. The van der Waals surface area contributed by atoms with Crippen molar-refractivity contribution < 1.29 is 23.9 Å². The summed E-state index contributed by atoms with van der Waals surface area (Å²) < 4.78 is 6.40. The maximum Gasteiger partial charge on any atom is 0.253 e. The van der Waals surface area contributed by atoms with Crippen LogP contribution in [0.2, 0.25) is 5.02 Å². The lowest BCUT2D eigenvalue weighted by molar-refractivity contribution is -0.164. The van der Waals surface area contributed by atoms with Crippen molar-refractivity contribution in [3.8, 4) is 22.3 Å². The third-order valence-electron chi connectivity index (χ3n) is 16.5. The number of pyridine rings is 1. The standard InChI is InChI=1S/C56H71ClN10O5S/c1-34(36-12-14-37(15-13-36)46-35(2)60-33-73-46)61-49(70)43-11-10-20-67(43)50(71)47(53(3,4)5)62-45(68)30-64-21-23-65(24-22-64)40-26-56(27-40)31-66(32-56)44-19-17-39(29-59-44)48(69)63-51-54(6,7)52(55(51,8)9)72-41-18-16-38(28-58)42(57)25-41/h12-19,25,29,33-34,40,43,47,51-52H,10-11,20-24,26-27,30-32H2,1-9H3,(H,61,70)(H,62,68)(H,63,69)/t34-,43-,47+,51?,52?/m0/s1. The third-order valence-corrected chi connectivity index (χ3v) is 17.8. The van der Waals surface area contributed by atoms with Gasteiger partial charge in [0.05, 0.1) is 44.8 Å². The first-order chi connectivity index (χ1) is 34.6. The average Bonchev–Trinajstić information content (AvgIpc) is 4.00. The normalized spacial score (nSPS) is 23.3. The van der Waals surface area contributed by atoms with Gasteiger partial charge in [-0.25, -0.2) is 9.97 Å². The van der Waals surface area contributed by atoms with Crippen LogP contribution >= 0.6 is 22.9 Å². The quantitative estimate of drug-likeness (QED) is 0.113. The largest absolute Gasteiger partial charge is 0.489 e. The van der Waals surface area contributed by atoms with Gasteiger partial charge in [-0.3, -0.25) is 29.0 Å². The first-order valence-corrected chi connectivity index (χ1v) is 27.1. The number of aromatic nitrogens is 2. The zero-order chi connectivity index (χ0) is 52.2. The number of benzene rings is 2. The highest BCUT2D eigenvalue weighted by atomic mass is 35.5. The third kappa shape index (κ3) is 10.6. The van der Waals surface area contributed by atoms with Crippen LogP contribution in [0.25, 0.3) is 10.4 Å². The smallest absolute Gasteiger partial charge is 0.253 e. The second-order valence-corrected chi connectivity index (χ2v) is 24.9. The van der Waals surface area contributed by atoms with Crippen LogP contribution < -0.4 is 25.6 Å². The van der Waals surface area contributed by atoms with Gasteiger partial charge >= 0.3 is 0 Å². The summed E-state index contributed by atoms with van der Waals surface area (Å²) in [6.45, 7) is 24.1. The van der Waals surface area contributed by atoms with Crippen LogP contribution in [0.3, 0.4) is 0 Å². The van der Waals surface area contributed by atoms with Crippen molar-refractivity contribution in [2.75, 3.05) is 57.3 Å². The van der Waals surface area contributed by atoms with Crippen LogP contribution in [-0.4, -0.2) is 131 Å². The fourth-order valence-corrected chi connectivity index (χ4v) is 13.6. The highest BCUT2D eigenvalue weighted by Crippen LogP contribution is 2.56. The van der Waals surface area contributed by atoms with E-state index in [4.69, 9.17) is 21.3 Å². The number of nitriles is 1. The number of carbonyl (C=O) groups is 4. The summed E-state index contributed by atoms with van der Waals surface area (Å²) in [6, 6.07) is 17.9. The van der Waals surface area contributed by atoms with E-state index in [-0.39, 0.29) is 64.6 Å². The molecule has 15 nitrogen and oxygen atoms in total. The molecule has 3 atom stereocenters. The first-order valence-electron chi connectivity index (χ1n) is 25.8. The molecule has 5 heterocycles. The van der Waals surface area contributed by atoms with Crippen LogP contribution in [0.5, 0.6) is 5.75 Å². The average molecular weight is 1030 g/mol. The molecular weight excluding hydrogens is 960 g/mol.